The predicted molar refractivity (Wildman–Crippen MR) is 94.4 cm³/mol. The van der Waals surface area contributed by atoms with Gasteiger partial charge in [0.05, 0.1) is 12.5 Å². The molecule has 0 unspecified atom stereocenters. The fraction of sp³-hybridized carbons (Fsp3) is 0.611. The fourth-order valence-corrected chi connectivity index (χ4v) is 3.32. The van der Waals surface area contributed by atoms with Gasteiger partial charge in [0.15, 0.2) is 0 Å². The highest BCUT2D eigenvalue weighted by Gasteiger charge is 2.37. The number of imidazole rings is 1. The van der Waals surface area contributed by atoms with Crippen molar-refractivity contribution in [1.82, 2.24) is 24.2 Å². The van der Waals surface area contributed by atoms with Crippen LogP contribution in [-0.4, -0.2) is 54.9 Å². The van der Waals surface area contributed by atoms with E-state index in [0.717, 1.165) is 5.56 Å². The van der Waals surface area contributed by atoms with Crippen molar-refractivity contribution in [2.45, 2.75) is 45.7 Å². The van der Waals surface area contributed by atoms with Gasteiger partial charge in [-0.3, -0.25) is 9.48 Å². The van der Waals surface area contributed by atoms with Gasteiger partial charge in [-0.05, 0) is 33.3 Å². The minimum Gasteiger partial charge on any atom is -0.396 e. The molecule has 3 rings (SSSR count). The van der Waals surface area contributed by atoms with Crippen LogP contribution in [0.5, 0.6) is 0 Å². The molecule has 1 amide bonds. The van der Waals surface area contributed by atoms with Crippen molar-refractivity contribution < 1.29 is 9.90 Å². The average molecular weight is 345 g/mol. The lowest BCUT2D eigenvalue weighted by atomic mass is 9.92. The maximum atomic E-state index is 12.8. The molecule has 1 saturated heterocycles. The van der Waals surface area contributed by atoms with Gasteiger partial charge in [0.1, 0.15) is 5.69 Å². The fourth-order valence-electron chi connectivity index (χ4n) is 3.32. The molecule has 1 aliphatic rings. The van der Waals surface area contributed by atoms with E-state index in [1.165, 1.54) is 0 Å². The number of carbonyl (C=O) groups is 1. The Labute approximate surface area is 148 Å². The molecule has 3 heterocycles. The molecule has 2 atom stereocenters. The summed E-state index contributed by atoms with van der Waals surface area (Å²) in [4.78, 5) is 18.8. The third-order valence-electron chi connectivity index (χ3n) is 4.96. The zero-order valence-corrected chi connectivity index (χ0v) is 15.3. The zero-order chi connectivity index (χ0) is 18.1. The smallest absolute Gasteiger partial charge is 0.274 e. The Morgan fingerprint density at radius 2 is 2.00 bits per heavy atom. The Balaban J connectivity index is 1.76. The topological polar surface area (TPSA) is 76.2 Å². The van der Waals surface area contributed by atoms with E-state index < -0.39 is 0 Å². The van der Waals surface area contributed by atoms with Gasteiger partial charge in [-0.25, -0.2) is 4.98 Å². The number of amides is 1. The first-order chi connectivity index (χ1) is 11.9. The second-order valence-electron chi connectivity index (χ2n) is 7.41. The van der Waals surface area contributed by atoms with Crippen molar-refractivity contribution in [3.05, 3.63) is 36.2 Å². The van der Waals surface area contributed by atoms with Crippen molar-refractivity contribution in [3.8, 4) is 0 Å². The molecule has 7 heteroatoms. The lowest BCUT2D eigenvalue weighted by Gasteiger charge is -2.14. The predicted octanol–water partition coefficient (Wildman–Crippen LogP) is 2.09. The van der Waals surface area contributed by atoms with Crippen molar-refractivity contribution in [2.75, 3.05) is 19.7 Å². The van der Waals surface area contributed by atoms with Gasteiger partial charge < -0.3 is 14.6 Å². The van der Waals surface area contributed by atoms with Crippen LogP contribution in [0.25, 0.3) is 0 Å². The number of carbonyl (C=O) groups excluding carboxylic acids is 1. The second kappa shape index (κ2) is 7.00. The van der Waals surface area contributed by atoms with Crippen molar-refractivity contribution in [3.63, 3.8) is 0 Å². The van der Waals surface area contributed by atoms with E-state index in [4.69, 9.17) is 0 Å². The van der Waals surface area contributed by atoms with Crippen LogP contribution in [0, 0.1) is 5.92 Å². The number of nitrogens with zero attached hydrogens (tertiary/aromatic N) is 5. The number of likely N-dealkylation sites (tertiary alicyclic amines) is 1. The molecular weight excluding hydrogens is 318 g/mol. The summed E-state index contributed by atoms with van der Waals surface area (Å²) < 4.78 is 3.84. The van der Waals surface area contributed by atoms with Gasteiger partial charge in [0.2, 0.25) is 0 Å². The first kappa shape index (κ1) is 17.7. The van der Waals surface area contributed by atoms with Gasteiger partial charge in [0.25, 0.3) is 5.91 Å². The minimum absolute atomic E-state index is 0.0287. The normalized spacial score (nSPS) is 20.8. The third kappa shape index (κ3) is 3.46. The molecule has 0 aromatic carbocycles. The maximum absolute atomic E-state index is 12.8. The molecule has 2 aromatic rings. The standard InChI is InChI=1S/C18H27N5O2/c1-12(2)22-9-17(19-11-22)18(25)21-6-15(10-24)16(8-21)14-5-20-23(7-14)13(3)4/h5,7,9,11-13,15-16,24H,6,8,10H2,1-4H3/t15-,16-/m0/s1. The van der Waals surface area contributed by atoms with Crippen LogP contribution < -0.4 is 0 Å². The van der Waals surface area contributed by atoms with E-state index in [-0.39, 0.29) is 30.4 Å². The summed E-state index contributed by atoms with van der Waals surface area (Å²) >= 11 is 0. The van der Waals surface area contributed by atoms with Gasteiger partial charge >= 0.3 is 0 Å². The molecule has 1 N–H and O–H groups in total. The molecule has 0 aliphatic carbocycles. The molecular formula is C18H27N5O2. The SMILES string of the molecule is CC(C)n1cnc(C(=O)N2C[C@@H](CO)[C@H](c3cnn(C(C)C)c3)C2)c1. The molecule has 25 heavy (non-hydrogen) atoms. The summed E-state index contributed by atoms with van der Waals surface area (Å²) in [6.07, 6.45) is 7.38. The minimum atomic E-state index is -0.0726. The lowest BCUT2D eigenvalue weighted by molar-refractivity contribution is 0.0776. The Morgan fingerprint density at radius 3 is 2.56 bits per heavy atom. The molecule has 1 aliphatic heterocycles. The van der Waals surface area contributed by atoms with Crippen LogP contribution in [0.3, 0.4) is 0 Å². The summed E-state index contributed by atoms with van der Waals surface area (Å²) in [5.74, 6) is 0.0613. The number of rotatable bonds is 5. The van der Waals surface area contributed by atoms with Gasteiger partial charge in [-0.2, -0.15) is 5.10 Å². The van der Waals surface area contributed by atoms with Crippen molar-refractivity contribution >= 4 is 5.91 Å². The third-order valence-corrected chi connectivity index (χ3v) is 4.96. The quantitative estimate of drug-likeness (QED) is 0.900. The summed E-state index contributed by atoms with van der Waals surface area (Å²) in [5, 5.41) is 14.2. The Hall–Kier alpha value is -2.15. The first-order valence-electron chi connectivity index (χ1n) is 8.88. The number of aliphatic hydroxyl groups excluding tert-OH is 1. The van der Waals surface area contributed by atoms with Gasteiger partial charge in [-0.1, -0.05) is 0 Å². The first-order valence-corrected chi connectivity index (χ1v) is 8.88. The zero-order valence-electron chi connectivity index (χ0n) is 15.3. The van der Waals surface area contributed by atoms with Crippen LogP contribution in [0.15, 0.2) is 24.9 Å². The molecule has 0 spiro atoms. The molecule has 1 fully saturated rings. The molecule has 0 bridgehead atoms. The lowest BCUT2D eigenvalue weighted by Crippen LogP contribution is -2.29. The highest BCUT2D eigenvalue weighted by molar-refractivity contribution is 5.92. The van der Waals surface area contributed by atoms with E-state index >= 15 is 0 Å². The van der Waals surface area contributed by atoms with Gasteiger partial charge in [-0.15, -0.1) is 0 Å². The van der Waals surface area contributed by atoms with Crippen molar-refractivity contribution in [1.29, 1.82) is 0 Å². The number of hydrogen-bond acceptors (Lipinski definition) is 4. The van der Waals surface area contributed by atoms with Crippen LogP contribution >= 0.6 is 0 Å². The van der Waals surface area contributed by atoms with E-state index in [2.05, 4.69) is 37.8 Å². The highest BCUT2D eigenvalue weighted by Crippen LogP contribution is 2.33. The van der Waals surface area contributed by atoms with Crippen LogP contribution in [0.4, 0.5) is 0 Å². The van der Waals surface area contributed by atoms with Crippen LogP contribution in [0.2, 0.25) is 0 Å². The van der Waals surface area contributed by atoms with E-state index in [1.54, 1.807) is 17.4 Å². The molecule has 0 radical (unpaired) electrons. The van der Waals surface area contributed by atoms with Crippen LogP contribution in [0.1, 0.15) is 61.7 Å². The largest absolute Gasteiger partial charge is 0.396 e. The molecule has 136 valence electrons. The highest BCUT2D eigenvalue weighted by atomic mass is 16.3. The van der Waals surface area contributed by atoms with Crippen molar-refractivity contribution in [2.24, 2.45) is 5.92 Å². The second-order valence-corrected chi connectivity index (χ2v) is 7.41. The molecule has 0 saturated carbocycles. The monoisotopic (exact) mass is 345 g/mol. The summed E-state index contributed by atoms with van der Waals surface area (Å²) in [5.41, 5.74) is 1.54. The van der Waals surface area contributed by atoms with E-state index in [0.29, 0.717) is 24.8 Å². The summed E-state index contributed by atoms with van der Waals surface area (Å²) in [6.45, 7) is 9.45. The average Bonchev–Trinajstić information content (AvgIpc) is 3.30. The van der Waals surface area contributed by atoms with Gasteiger partial charge in [0, 0.05) is 56.0 Å². The molecule has 7 nitrogen and oxygen atoms in total. The maximum Gasteiger partial charge on any atom is 0.274 e. The summed E-state index contributed by atoms with van der Waals surface area (Å²) in [7, 11) is 0. The Kier molecular flexibility index (Phi) is 4.94. The van der Waals surface area contributed by atoms with E-state index in [9.17, 15) is 9.90 Å². The number of aliphatic hydroxyl groups is 1. The van der Waals surface area contributed by atoms with Crippen LogP contribution in [-0.2, 0) is 0 Å². The van der Waals surface area contributed by atoms with E-state index in [1.807, 2.05) is 21.6 Å². The Bertz CT molecular complexity index is 733. The number of hydrogen-bond donors (Lipinski definition) is 1. The molecule has 2 aromatic heterocycles. The number of aromatic nitrogens is 4. The Morgan fingerprint density at radius 1 is 1.24 bits per heavy atom. The summed E-state index contributed by atoms with van der Waals surface area (Å²) in [6, 6.07) is 0.563.